The molecule has 52 heavy (non-hydrogen) atoms. The number of fused-ring (bicyclic) bond motifs is 3. The normalized spacial score (nSPS) is 27.1. The van der Waals surface area contributed by atoms with Gasteiger partial charge >= 0.3 is 0 Å². The number of nitrogens with zero attached hydrogens (tertiary/aromatic N) is 3. The van der Waals surface area contributed by atoms with E-state index in [-0.39, 0.29) is 31.1 Å². The number of allylic oxidation sites excluding steroid dienone is 1. The number of carbonyl (C=O) groups is 3. The molecular weight excluding hydrogens is 687 g/mol. The van der Waals surface area contributed by atoms with Gasteiger partial charge in [0.2, 0.25) is 27.7 Å². The first-order valence-electron chi connectivity index (χ1n) is 17.9. The Hall–Kier alpha value is -4.72. The van der Waals surface area contributed by atoms with E-state index >= 15 is 0 Å². The molecule has 13 nitrogen and oxygen atoms in total. The van der Waals surface area contributed by atoms with Crippen LogP contribution >= 0.6 is 0 Å². The second-order valence-electron chi connectivity index (χ2n) is 14.4. The van der Waals surface area contributed by atoms with Gasteiger partial charge in [-0.25, -0.2) is 13.4 Å². The van der Waals surface area contributed by atoms with Gasteiger partial charge in [-0.2, -0.15) is 4.98 Å². The number of rotatable bonds is 8. The summed E-state index contributed by atoms with van der Waals surface area (Å²) in [5.74, 6) is -1.21. The van der Waals surface area contributed by atoms with E-state index in [9.17, 15) is 22.8 Å². The molecule has 14 heteroatoms. The zero-order chi connectivity index (χ0) is 36.8. The monoisotopic (exact) mass is 731 g/mol. The molecule has 0 spiro atoms. The average molecular weight is 732 g/mol. The Balaban J connectivity index is 1.21. The van der Waals surface area contributed by atoms with Gasteiger partial charge in [0, 0.05) is 30.6 Å². The zero-order valence-corrected chi connectivity index (χ0v) is 30.7. The van der Waals surface area contributed by atoms with Gasteiger partial charge in [0.25, 0.3) is 5.91 Å². The molecule has 0 unspecified atom stereocenters. The van der Waals surface area contributed by atoms with Crippen molar-refractivity contribution in [2.75, 3.05) is 27.8 Å². The molecule has 2 aromatic carbocycles. The number of sulfonamides is 1. The number of benzene rings is 2. The number of aryl methyl sites for hydroxylation is 1. The van der Waals surface area contributed by atoms with Crippen molar-refractivity contribution in [2.24, 2.45) is 17.8 Å². The van der Waals surface area contributed by atoms with Gasteiger partial charge in [0.15, 0.2) is 5.82 Å². The van der Waals surface area contributed by atoms with Gasteiger partial charge in [-0.05, 0) is 94.7 Å². The van der Waals surface area contributed by atoms with Crippen LogP contribution in [0.1, 0.15) is 56.9 Å². The van der Waals surface area contributed by atoms with Crippen molar-refractivity contribution in [3.05, 3.63) is 54.1 Å². The molecule has 3 amide bonds. The fourth-order valence-corrected chi connectivity index (χ4v) is 8.88. The molecular formula is C38H45N5O8S. The molecule has 0 radical (unpaired) electrons. The Morgan fingerprint density at radius 2 is 1.75 bits per heavy atom. The summed E-state index contributed by atoms with van der Waals surface area (Å²) in [6.45, 7) is 2.45. The number of hydrogen-bond acceptors (Lipinski definition) is 10. The molecule has 1 aromatic heterocycles. The molecule has 2 N–H and O–H groups in total. The number of carbonyl (C=O) groups excluding carboxylic acids is 3. The molecule has 3 aromatic rings. The fraction of sp³-hybridized carbons (Fsp3) is 0.500. The van der Waals surface area contributed by atoms with Crippen LogP contribution in [0.5, 0.6) is 17.4 Å². The molecule has 1 aliphatic heterocycles. The highest BCUT2D eigenvalue weighted by Crippen LogP contribution is 2.47. The minimum Gasteiger partial charge on any atom is -0.497 e. The fourth-order valence-electron chi connectivity index (χ4n) is 7.52. The summed E-state index contributed by atoms with van der Waals surface area (Å²) in [4.78, 5) is 53.3. The third-order valence-electron chi connectivity index (χ3n) is 10.9. The van der Waals surface area contributed by atoms with Crippen LogP contribution in [0, 0.1) is 24.7 Å². The molecule has 2 heterocycles. The maximum atomic E-state index is 14.3. The van der Waals surface area contributed by atoms with Crippen molar-refractivity contribution in [2.45, 2.75) is 75.2 Å². The average Bonchev–Trinajstić information content (AvgIpc) is 4.06. The van der Waals surface area contributed by atoms with Gasteiger partial charge < -0.3 is 24.4 Å². The van der Waals surface area contributed by atoms with Gasteiger partial charge in [-0.1, -0.05) is 12.2 Å². The van der Waals surface area contributed by atoms with E-state index in [2.05, 4.69) is 10.0 Å². The van der Waals surface area contributed by atoms with Crippen LogP contribution in [0.4, 0.5) is 0 Å². The highest BCUT2D eigenvalue weighted by molar-refractivity contribution is 7.91. The lowest BCUT2D eigenvalue weighted by Crippen LogP contribution is -2.54. The third kappa shape index (κ3) is 6.92. The number of ether oxygens (including phenoxy) is 3. The first kappa shape index (κ1) is 35.7. The number of aromatic nitrogens is 2. The predicted molar refractivity (Wildman–Crippen MR) is 193 cm³/mol. The molecule has 3 aliphatic carbocycles. The number of nitrogens with one attached hydrogen (secondary N) is 2. The summed E-state index contributed by atoms with van der Waals surface area (Å²) in [5, 5.41) is 3.01. The van der Waals surface area contributed by atoms with Gasteiger partial charge in [0.05, 0.1) is 42.2 Å². The maximum absolute atomic E-state index is 14.3. The Kier molecular flexibility index (Phi) is 9.62. The van der Waals surface area contributed by atoms with E-state index in [0.29, 0.717) is 53.5 Å². The van der Waals surface area contributed by atoms with E-state index in [4.69, 9.17) is 24.2 Å². The second kappa shape index (κ2) is 14.0. The van der Waals surface area contributed by atoms with Crippen molar-refractivity contribution in [3.8, 4) is 28.8 Å². The molecule has 0 bridgehead atoms. The number of amides is 3. The minimum absolute atomic E-state index is 0.173. The van der Waals surface area contributed by atoms with Crippen LogP contribution in [-0.2, 0) is 24.4 Å². The number of methoxy groups -OCH3 is 2. The molecule has 7 rings (SSSR count). The van der Waals surface area contributed by atoms with Crippen LogP contribution < -0.4 is 24.2 Å². The van der Waals surface area contributed by atoms with E-state index in [1.807, 2.05) is 55.5 Å². The first-order valence-corrected chi connectivity index (χ1v) is 19.4. The molecule has 3 saturated carbocycles. The highest BCUT2D eigenvalue weighted by atomic mass is 32.2. The van der Waals surface area contributed by atoms with E-state index in [0.717, 1.165) is 30.4 Å². The van der Waals surface area contributed by atoms with Gasteiger partial charge in [-0.3, -0.25) is 19.1 Å². The topological polar surface area (TPSA) is 166 Å². The summed E-state index contributed by atoms with van der Waals surface area (Å²) in [6, 6.07) is 11.0. The lowest BCUT2D eigenvalue weighted by atomic mass is 9.93. The Labute approximate surface area is 303 Å². The van der Waals surface area contributed by atoms with Gasteiger partial charge in [-0.15, -0.1) is 0 Å². The molecule has 3 fully saturated rings. The number of hydrogen-bond donors (Lipinski definition) is 2. The summed E-state index contributed by atoms with van der Waals surface area (Å²) in [5.41, 5.74) is 0.774. The maximum Gasteiger partial charge on any atom is 0.259 e. The Bertz CT molecular complexity index is 2030. The van der Waals surface area contributed by atoms with Crippen molar-refractivity contribution in [1.29, 1.82) is 0 Å². The summed E-state index contributed by atoms with van der Waals surface area (Å²) in [7, 11) is 1.10. The quantitative estimate of drug-likeness (QED) is 0.323. The second-order valence-corrected chi connectivity index (χ2v) is 16.4. The van der Waals surface area contributed by atoms with Crippen LogP contribution in [0.25, 0.3) is 22.3 Å². The standard InChI is InChI=1S/C38H45N5O8S/c1-22-31(50-4)17-16-28-32(22)39-33(23-10-12-25(49-3)13-11-23)40-35(28)51-26-19-29-30(20-26)36(45)43(2)18-8-6-5-7-9-24-21-38(24,41-34(29)44)37(46)42-52(47,48)27-14-15-27/h7,9-13,16-17,24,26-27,29-30H,5-6,8,14-15,18-21H2,1-4H3,(H,41,44)(H,42,46)/b9-7+/t24-,26-,29-,30-,38-/m1/s1. The van der Waals surface area contributed by atoms with E-state index in [1.54, 1.807) is 26.2 Å². The molecule has 5 atom stereocenters. The van der Waals surface area contributed by atoms with Crippen molar-refractivity contribution in [1.82, 2.24) is 24.9 Å². The van der Waals surface area contributed by atoms with Crippen LogP contribution in [0.2, 0.25) is 0 Å². The largest absolute Gasteiger partial charge is 0.497 e. The predicted octanol–water partition coefficient (Wildman–Crippen LogP) is 4.08. The van der Waals surface area contributed by atoms with Crippen LogP contribution in [-0.4, -0.2) is 85.7 Å². The third-order valence-corrected chi connectivity index (χ3v) is 12.7. The van der Waals surface area contributed by atoms with Crippen LogP contribution in [0.15, 0.2) is 48.6 Å². The van der Waals surface area contributed by atoms with E-state index in [1.165, 1.54) is 0 Å². The van der Waals surface area contributed by atoms with Crippen molar-refractivity contribution in [3.63, 3.8) is 0 Å². The minimum atomic E-state index is -3.84. The lowest BCUT2D eigenvalue weighted by molar-refractivity contribution is -0.140. The zero-order valence-electron chi connectivity index (χ0n) is 29.9. The Morgan fingerprint density at radius 1 is 1.00 bits per heavy atom. The molecule has 0 saturated heterocycles. The summed E-state index contributed by atoms with van der Waals surface area (Å²) in [6.07, 6.45) is 7.36. The highest BCUT2D eigenvalue weighted by Gasteiger charge is 2.62. The Morgan fingerprint density at radius 3 is 2.46 bits per heavy atom. The smallest absolute Gasteiger partial charge is 0.259 e. The van der Waals surface area contributed by atoms with Crippen LogP contribution in [0.3, 0.4) is 0 Å². The molecule has 4 aliphatic rings. The summed E-state index contributed by atoms with van der Waals surface area (Å²) < 4.78 is 45.4. The van der Waals surface area contributed by atoms with E-state index < -0.39 is 50.6 Å². The SMILES string of the molecule is COc1ccc(-c2nc(O[C@@H]3C[C@H]4C(=O)N[C@]5(C(=O)NS(=O)(=O)C6CC6)C[C@H]5/C=C/CCCCN(C)C(=O)[C@@H]4C3)c3ccc(OC)c(C)c3n2)cc1. The van der Waals surface area contributed by atoms with Gasteiger partial charge in [0.1, 0.15) is 23.1 Å². The van der Waals surface area contributed by atoms with Crippen molar-refractivity contribution < 1.29 is 37.0 Å². The first-order chi connectivity index (χ1) is 24.9. The van der Waals surface area contributed by atoms with Crippen molar-refractivity contribution >= 4 is 38.6 Å². The molecule has 276 valence electrons. The summed E-state index contributed by atoms with van der Waals surface area (Å²) >= 11 is 0. The lowest BCUT2D eigenvalue weighted by Gasteiger charge is -2.26.